The van der Waals surface area contributed by atoms with E-state index in [0.717, 1.165) is 24.7 Å². The van der Waals surface area contributed by atoms with Crippen LogP contribution in [0.5, 0.6) is 5.75 Å². The number of hydrogen-bond donors (Lipinski definition) is 4. The van der Waals surface area contributed by atoms with Crippen LogP contribution in [0.15, 0.2) is 24.3 Å². The second-order valence-corrected chi connectivity index (χ2v) is 23.0. The first-order valence-electron chi connectivity index (χ1n) is 28.2. The number of esters is 2. The normalized spacial score (nSPS) is 19.0. The molecule has 1 aromatic carbocycles. The Morgan fingerprint density at radius 2 is 1.38 bits per heavy atom. The summed E-state index contributed by atoms with van der Waals surface area (Å²) in [6, 6.07) is -0.618. The van der Waals surface area contributed by atoms with Crippen LogP contribution in [-0.2, 0) is 68.6 Å². The molecule has 0 aromatic heterocycles. The number of carbonyl (C=O) groups excluding carboxylic acids is 11. The molecule has 4 N–H and O–H groups in total. The fraction of sp³-hybridized carbons (Fsp3) is 0.707. The van der Waals surface area contributed by atoms with Crippen LogP contribution in [0.1, 0.15) is 140 Å². The van der Waals surface area contributed by atoms with Crippen molar-refractivity contribution < 1.29 is 72.1 Å². The average Bonchev–Trinajstić information content (AvgIpc) is 4.08. The third-order valence-corrected chi connectivity index (χ3v) is 15.3. The summed E-state index contributed by atoms with van der Waals surface area (Å²) < 4.78 is 16.9. The van der Waals surface area contributed by atoms with E-state index in [1.807, 2.05) is 34.6 Å². The number of aliphatic hydroxyl groups is 1. The molecule has 2 heterocycles. The number of rotatable bonds is 31. The molecule has 0 radical (unpaired) electrons. The van der Waals surface area contributed by atoms with E-state index in [-0.39, 0.29) is 49.6 Å². The lowest BCUT2D eigenvalue weighted by Crippen LogP contribution is -2.62. The summed E-state index contributed by atoms with van der Waals surface area (Å²) in [6.45, 7) is 20.7. The van der Waals surface area contributed by atoms with Crippen LogP contribution in [0, 0.1) is 29.6 Å². The zero-order valence-electron chi connectivity index (χ0n) is 49.8. The van der Waals surface area contributed by atoms with Crippen molar-refractivity contribution in [3.8, 4) is 5.75 Å². The number of ketones is 2. The fourth-order valence-corrected chi connectivity index (χ4v) is 10.1. The van der Waals surface area contributed by atoms with Gasteiger partial charge in [-0.1, -0.05) is 73.9 Å². The Balaban J connectivity index is 1.96. The van der Waals surface area contributed by atoms with E-state index in [1.165, 1.54) is 44.9 Å². The van der Waals surface area contributed by atoms with Gasteiger partial charge in [-0.25, -0.2) is 4.79 Å². The van der Waals surface area contributed by atoms with Gasteiger partial charge in [0, 0.05) is 46.6 Å². The lowest BCUT2D eigenvalue weighted by atomic mass is 9.91. The number of methoxy groups -OCH3 is 1. The third-order valence-electron chi connectivity index (χ3n) is 15.3. The summed E-state index contributed by atoms with van der Waals surface area (Å²) in [4.78, 5) is 155. The highest BCUT2D eigenvalue weighted by molar-refractivity contribution is 6.35. The molecule has 2 aliphatic rings. The van der Waals surface area contributed by atoms with E-state index in [9.17, 15) is 57.8 Å². The quantitative estimate of drug-likeness (QED) is 0.0360. The standard InChI is InChI=1S/C58H91N7O15/c1-16-35(8)48(46(68)30-47(69)80-51(34(6)7)50(70)37(10)52(71)59-42(27-32(2)3)56(75)64-25-17-19-36(64)9)60-54(73)49(39(12)79-58(77)45(62(13)31-66)29-40-21-23-41(78-15)24-22-40)61-53(72)44(28-33(4)5)63(14)57(76)43-20-18-26-65(43)55(74)38(11)67/h21-24,31-37,39,42-46,48-49,51,68H,16-20,25-30H2,1-15H3,(H,59,71)(H,60,73)(H,61,72)/t35-,36?,37-,39+,42-,43?,44+,45-,46-,48+,49-,51-/m0/s1. The number of hydrogen-bond acceptors (Lipinski definition) is 15. The van der Waals surface area contributed by atoms with Crippen molar-refractivity contribution in [3.05, 3.63) is 29.8 Å². The largest absolute Gasteiger partial charge is 0.497 e. The second kappa shape index (κ2) is 31.5. The number of Topliss-reactive ketones (excluding diaryl/α,β-unsaturated/α-hetero) is 2. The maximum atomic E-state index is 14.9. The number of amides is 7. The van der Waals surface area contributed by atoms with Crippen LogP contribution in [0.3, 0.4) is 0 Å². The molecule has 0 saturated carbocycles. The summed E-state index contributed by atoms with van der Waals surface area (Å²) in [6.07, 6.45) is -1.83. The van der Waals surface area contributed by atoms with Gasteiger partial charge in [0.05, 0.1) is 31.6 Å². The number of ether oxygens (including phenoxy) is 3. The minimum atomic E-state index is -1.74. The molecule has 0 aliphatic carbocycles. The SMILES string of the molecule is CC[C@H](C)[C@@H](NC(=O)[C@@H](NC(=O)[C@@H](CC(C)C)N(C)C(=O)C1CCCN1C(=O)C(C)=O)[C@@H](C)OC(=O)[C@H](Cc1ccc(OC)cc1)N(C)C=O)[C@@H](O)CC(=O)O[C@H](C(=O)[C@H](C)C(=O)N[C@@H](CC(C)C)C(=O)N1CCCC1C)C(C)C. The lowest BCUT2D eigenvalue weighted by Gasteiger charge is -2.35. The van der Waals surface area contributed by atoms with Crippen molar-refractivity contribution in [2.75, 3.05) is 34.3 Å². The van der Waals surface area contributed by atoms with Crippen molar-refractivity contribution in [1.82, 2.24) is 35.6 Å². The Morgan fingerprint density at radius 1 is 0.775 bits per heavy atom. The molecule has 0 bridgehead atoms. The highest BCUT2D eigenvalue weighted by atomic mass is 16.6. The van der Waals surface area contributed by atoms with Gasteiger partial charge in [0.1, 0.15) is 42.1 Å². The molecule has 3 rings (SSSR count). The maximum Gasteiger partial charge on any atom is 0.329 e. The molecule has 2 unspecified atom stereocenters. The fourth-order valence-electron chi connectivity index (χ4n) is 10.1. The molecule has 80 heavy (non-hydrogen) atoms. The molecular weight excluding hydrogens is 1030 g/mol. The number of benzene rings is 1. The molecule has 0 spiro atoms. The molecule has 1 aromatic rings. The summed E-state index contributed by atoms with van der Waals surface area (Å²) in [5.41, 5.74) is 0.630. The molecule has 2 aliphatic heterocycles. The van der Waals surface area contributed by atoms with Crippen LogP contribution < -0.4 is 20.7 Å². The second-order valence-electron chi connectivity index (χ2n) is 23.0. The van der Waals surface area contributed by atoms with Crippen molar-refractivity contribution in [1.29, 1.82) is 0 Å². The summed E-state index contributed by atoms with van der Waals surface area (Å²) in [5.74, 6) is -9.80. The van der Waals surface area contributed by atoms with Crippen molar-refractivity contribution in [2.24, 2.45) is 29.6 Å². The van der Waals surface area contributed by atoms with E-state index >= 15 is 0 Å². The molecule has 2 saturated heterocycles. The number of carbonyl (C=O) groups is 11. The Hall–Kier alpha value is -6.45. The molecule has 22 nitrogen and oxygen atoms in total. The molecule has 7 amide bonds. The summed E-state index contributed by atoms with van der Waals surface area (Å²) in [5, 5.41) is 20.1. The van der Waals surface area contributed by atoms with Gasteiger partial charge < -0.3 is 54.9 Å². The number of aliphatic hydroxyl groups excluding tert-OH is 1. The van der Waals surface area contributed by atoms with Gasteiger partial charge >= 0.3 is 11.9 Å². The van der Waals surface area contributed by atoms with Crippen molar-refractivity contribution >= 4 is 65.4 Å². The van der Waals surface area contributed by atoms with Crippen molar-refractivity contribution in [2.45, 2.75) is 201 Å². The topological polar surface area (TPSA) is 285 Å². The molecule has 22 heteroatoms. The minimum Gasteiger partial charge on any atom is -0.497 e. The monoisotopic (exact) mass is 1130 g/mol. The van der Waals surface area contributed by atoms with Gasteiger partial charge in [-0.3, -0.25) is 47.9 Å². The molecule has 12 atom stereocenters. The highest BCUT2D eigenvalue weighted by Gasteiger charge is 2.44. The van der Waals surface area contributed by atoms with E-state index < -0.39 is 132 Å². The van der Waals surface area contributed by atoms with Gasteiger partial charge in [-0.05, 0) is 101 Å². The van der Waals surface area contributed by atoms with Gasteiger partial charge in [0.2, 0.25) is 41.7 Å². The van der Waals surface area contributed by atoms with E-state index in [4.69, 9.17) is 14.2 Å². The Kier molecular flexibility index (Phi) is 26.7. The molecule has 2 fully saturated rings. The van der Waals surface area contributed by atoms with Crippen LogP contribution >= 0.6 is 0 Å². The van der Waals surface area contributed by atoms with Gasteiger partial charge in [-0.2, -0.15) is 0 Å². The first-order chi connectivity index (χ1) is 37.5. The van der Waals surface area contributed by atoms with E-state index in [2.05, 4.69) is 16.0 Å². The van der Waals surface area contributed by atoms with Gasteiger partial charge in [-0.15, -0.1) is 0 Å². The predicted octanol–water partition coefficient (Wildman–Crippen LogP) is 3.16. The number of likely N-dealkylation sites (tertiary alicyclic amines) is 2. The smallest absolute Gasteiger partial charge is 0.329 e. The Labute approximate surface area is 472 Å². The minimum absolute atomic E-state index is 0.00668. The van der Waals surface area contributed by atoms with E-state index in [1.54, 1.807) is 56.9 Å². The lowest BCUT2D eigenvalue weighted by molar-refractivity contribution is -0.163. The number of likely N-dealkylation sites (N-methyl/N-ethyl adjacent to an activating group) is 2. The third kappa shape index (κ3) is 18.8. The van der Waals surface area contributed by atoms with Crippen LogP contribution in [0.4, 0.5) is 0 Å². The first kappa shape index (κ1) is 67.8. The van der Waals surface area contributed by atoms with Crippen molar-refractivity contribution in [3.63, 3.8) is 0 Å². The van der Waals surface area contributed by atoms with Gasteiger partial charge in [0.25, 0.3) is 5.91 Å². The zero-order valence-corrected chi connectivity index (χ0v) is 49.8. The van der Waals surface area contributed by atoms with Crippen LogP contribution in [0.25, 0.3) is 0 Å². The maximum absolute atomic E-state index is 14.9. The first-order valence-corrected chi connectivity index (χ1v) is 28.2. The van der Waals surface area contributed by atoms with Crippen LogP contribution in [-0.4, -0.2) is 185 Å². The molecule has 448 valence electrons. The van der Waals surface area contributed by atoms with E-state index in [0.29, 0.717) is 43.5 Å². The summed E-state index contributed by atoms with van der Waals surface area (Å²) >= 11 is 0. The average molecular weight is 1130 g/mol. The Morgan fingerprint density at radius 3 is 1.90 bits per heavy atom. The predicted molar refractivity (Wildman–Crippen MR) is 296 cm³/mol. The number of nitrogens with one attached hydrogen (secondary N) is 3. The Bertz CT molecular complexity index is 2330. The van der Waals surface area contributed by atoms with Crippen LogP contribution in [0.2, 0.25) is 0 Å². The zero-order chi connectivity index (χ0) is 60.5. The summed E-state index contributed by atoms with van der Waals surface area (Å²) in [7, 11) is 4.25. The molecular formula is C58H91N7O15. The van der Waals surface area contributed by atoms with Gasteiger partial charge in [0.15, 0.2) is 11.9 Å². The highest BCUT2D eigenvalue weighted by Crippen LogP contribution is 2.25. The number of nitrogens with zero attached hydrogens (tertiary/aromatic N) is 4.